The summed E-state index contributed by atoms with van der Waals surface area (Å²) in [7, 11) is 3.48. The molecule has 5 nitrogen and oxygen atoms in total. The largest absolute Gasteiger partial charge is 0.497 e. The standard InChI is InChI=1S/C12H13N3O2.HI/c1-14-7-8-15(12(14)9-13-16)10-3-5-11(17-2)6-4-10;/h3-9H,1-2H3;1H/b12-9+;. The van der Waals surface area contributed by atoms with Gasteiger partial charge in [0.15, 0.2) is 0 Å². The Bertz CT molecular complexity index is 471. The van der Waals surface area contributed by atoms with Gasteiger partial charge in [0.05, 0.1) is 7.11 Å². The molecule has 1 heterocycles. The Labute approximate surface area is 123 Å². The van der Waals surface area contributed by atoms with Crippen molar-refractivity contribution in [1.29, 1.82) is 0 Å². The molecule has 0 unspecified atom stereocenters. The Morgan fingerprint density at radius 1 is 1.22 bits per heavy atom. The zero-order valence-electron chi connectivity index (χ0n) is 10.1. The van der Waals surface area contributed by atoms with Gasteiger partial charge in [-0.1, -0.05) is 0 Å². The van der Waals surface area contributed by atoms with Crippen LogP contribution in [0, 0.1) is 4.91 Å². The minimum Gasteiger partial charge on any atom is -0.497 e. The van der Waals surface area contributed by atoms with Gasteiger partial charge in [-0.05, 0) is 29.4 Å². The number of halogens is 1. The molecule has 1 aromatic carbocycles. The minimum atomic E-state index is 0. The molecule has 18 heavy (non-hydrogen) atoms. The monoisotopic (exact) mass is 359 g/mol. The Hall–Kier alpha value is -1.57. The summed E-state index contributed by atoms with van der Waals surface area (Å²) in [5.74, 6) is 1.51. The fourth-order valence-corrected chi connectivity index (χ4v) is 1.65. The summed E-state index contributed by atoms with van der Waals surface area (Å²) in [6.45, 7) is 0. The van der Waals surface area contributed by atoms with Crippen molar-refractivity contribution < 1.29 is 4.74 Å². The van der Waals surface area contributed by atoms with Crippen molar-refractivity contribution >= 4 is 29.7 Å². The van der Waals surface area contributed by atoms with Crippen LogP contribution in [0.3, 0.4) is 0 Å². The smallest absolute Gasteiger partial charge is 0.139 e. The van der Waals surface area contributed by atoms with Gasteiger partial charge in [0.1, 0.15) is 17.8 Å². The van der Waals surface area contributed by atoms with Gasteiger partial charge >= 0.3 is 0 Å². The van der Waals surface area contributed by atoms with E-state index in [0.29, 0.717) is 5.82 Å². The third-order valence-electron chi connectivity index (χ3n) is 2.57. The van der Waals surface area contributed by atoms with Crippen LogP contribution < -0.4 is 9.64 Å². The van der Waals surface area contributed by atoms with Crippen molar-refractivity contribution in [2.75, 3.05) is 19.1 Å². The molecular formula is C12H14IN3O2. The lowest BCUT2D eigenvalue weighted by Crippen LogP contribution is -2.19. The van der Waals surface area contributed by atoms with Gasteiger partial charge in [0.2, 0.25) is 0 Å². The molecular weight excluding hydrogens is 345 g/mol. The maximum Gasteiger partial charge on any atom is 0.139 e. The van der Waals surface area contributed by atoms with Crippen LogP contribution in [0.5, 0.6) is 5.75 Å². The predicted molar refractivity (Wildman–Crippen MR) is 81.7 cm³/mol. The van der Waals surface area contributed by atoms with E-state index in [4.69, 9.17) is 4.74 Å². The number of ether oxygens (including phenoxy) is 1. The maximum atomic E-state index is 10.4. The highest BCUT2D eigenvalue weighted by Gasteiger charge is 2.18. The highest BCUT2D eigenvalue weighted by molar-refractivity contribution is 14.0. The fraction of sp³-hybridized carbons (Fsp3) is 0.167. The van der Waals surface area contributed by atoms with E-state index in [-0.39, 0.29) is 24.0 Å². The van der Waals surface area contributed by atoms with E-state index in [1.54, 1.807) is 7.11 Å². The second-order valence-corrected chi connectivity index (χ2v) is 3.57. The summed E-state index contributed by atoms with van der Waals surface area (Å²) >= 11 is 0. The van der Waals surface area contributed by atoms with Crippen molar-refractivity contribution in [1.82, 2.24) is 4.90 Å². The number of nitrogens with zero attached hydrogens (tertiary/aromatic N) is 3. The second-order valence-electron chi connectivity index (χ2n) is 3.57. The molecule has 0 aliphatic carbocycles. The van der Waals surface area contributed by atoms with Gasteiger partial charge < -0.3 is 14.5 Å². The molecule has 0 spiro atoms. The minimum absolute atomic E-state index is 0. The summed E-state index contributed by atoms with van der Waals surface area (Å²) in [6.07, 6.45) is 5.02. The molecule has 1 aliphatic heterocycles. The summed E-state index contributed by atoms with van der Waals surface area (Å²) in [5.41, 5.74) is 0.946. The summed E-state index contributed by atoms with van der Waals surface area (Å²) in [6, 6.07) is 7.57. The van der Waals surface area contributed by atoms with Crippen LogP contribution in [0.1, 0.15) is 0 Å². The average molecular weight is 359 g/mol. The number of nitroso groups, excluding NO2 is 1. The first-order chi connectivity index (χ1) is 8.26. The number of benzene rings is 1. The molecule has 0 saturated carbocycles. The molecule has 0 aromatic heterocycles. The van der Waals surface area contributed by atoms with Gasteiger partial charge in [-0.15, -0.1) is 28.9 Å². The topological polar surface area (TPSA) is 45.1 Å². The zero-order chi connectivity index (χ0) is 12.3. The highest BCUT2D eigenvalue weighted by atomic mass is 127. The third-order valence-corrected chi connectivity index (χ3v) is 2.57. The molecule has 1 aromatic rings. The zero-order valence-corrected chi connectivity index (χ0v) is 12.4. The molecule has 1 aliphatic rings. The number of hydrogen-bond donors (Lipinski definition) is 0. The first-order valence-electron chi connectivity index (χ1n) is 5.13. The molecule has 0 atom stereocenters. The molecule has 0 N–H and O–H groups in total. The summed E-state index contributed by atoms with van der Waals surface area (Å²) in [4.78, 5) is 14.1. The fourth-order valence-electron chi connectivity index (χ4n) is 1.65. The van der Waals surface area contributed by atoms with Crippen LogP contribution in [0.25, 0.3) is 0 Å². The van der Waals surface area contributed by atoms with E-state index >= 15 is 0 Å². The van der Waals surface area contributed by atoms with Gasteiger partial charge in [0.25, 0.3) is 0 Å². The van der Waals surface area contributed by atoms with E-state index in [0.717, 1.165) is 11.4 Å². The van der Waals surface area contributed by atoms with Gasteiger partial charge in [-0.2, -0.15) is 0 Å². The van der Waals surface area contributed by atoms with E-state index in [9.17, 15) is 4.91 Å². The lowest BCUT2D eigenvalue weighted by Gasteiger charge is -2.21. The number of anilines is 1. The van der Waals surface area contributed by atoms with Gasteiger partial charge in [-0.25, -0.2) is 0 Å². The van der Waals surface area contributed by atoms with Crippen LogP contribution >= 0.6 is 24.0 Å². The highest BCUT2D eigenvalue weighted by Crippen LogP contribution is 2.27. The van der Waals surface area contributed by atoms with Gasteiger partial charge in [-0.3, -0.25) is 0 Å². The van der Waals surface area contributed by atoms with E-state index in [1.165, 1.54) is 6.20 Å². The van der Waals surface area contributed by atoms with Gasteiger partial charge in [0, 0.05) is 25.1 Å². The molecule has 0 fully saturated rings. The third kappa shape index (κ3) is 2.81. The molecule has 0 amide bonds. The van der Waals surface area contributed by atoms with Crippen LogP contribution in [0.15, 0.2) is 53.9 Å². The lowest BCUT2D eigenvalue weighted by molar-refractivity contribution is 0.415. The first kappa shape index (κ1) is 14.5. The van der Waals surface area contributed by atoms with Crippen LogP contribution in [-0.4, -0.2) is 19.1 Å². The Morgan fingerprint density at radius 3 is 2.44 bits per heavy atom. The van der Waals surface area contributed by atoms with E-state index < -0.39 is 0 Å². The number of hydrogen-bond acceptors (Lipinski definition) is 5. The van der Waals surface area contributed by atoms with Crippen molar-refractivity contribution in [3.05, 3.63) is 53.6 Å². The average Bonchev–Trinajstić information content (AvgIpc) is 2.72. The molecule has 96 valence electrons. The Balaban J connectivity index is 0.00000162. The second kappa shape index (κ2) is 6.39. The maximum absolute atomic E-state index is 10.4. The summed E-state index contributed by atoms with van der Waals surface area (Å²) < 4.78 is 5.10. The Morgan fingerprint density at radius 2 is 1.89 bits per heavy atom. The van der Waals surface area contributed by atoms with Crippen molar-refractivity contribution in [3.63, 3.8) is 0 Å². The first-order valence-corrected chi connectivity index (χ1v) is 5.13. The van der Waals surface area contributed by atoms with Crippen molar-refractivity contribution in [3.8, 4) is 5.75 Å². The quantitative estimate of drug-likeness (QED) is 0.615. The SMILES string of the molecule is COc1ccc(N2C=CN(C)/C2=C\N=O)cc1.I. The molecule has 2 rings (SSSR count). The van der Waals surface area contributed by atoms with Crippen LogP contribution in [-0.2, 0) is 0 Å². The summed E-state index contributed by atoms with van der Waals surface area (Å²) in [5, 5.41) is 2.82. The molecule has 0 bridgehead atoms. The predicted octanol–water partition coefficient (Wildman–Crippen LogP) is 3.10. The van der Waals surface area contributed by atoms with Crippen LogP contribution in [0.4, 0.5) is 5.69 Å². The normalized spacial score (nSPS) is 15.8. The van der Waals surface area contributed by atoms with E-state index in [2.05, 4.69) is 5.18 Å². The van der Waals surface area contributed by atoms with Crippen molar-refractivity contribution in [2.45, 2.75) is 0 Å². The lowest BCUT2D eigenvalue weighted by atomic mass is 10.3. The van der Waals surface area contributed by atoms with Crippen LogP contribution in [0.2, 0.25) is 0 Å². The molecule has 0 saturated heterocycles. The van der Waals surface area contributed by atoms with E-state index in [1.807, 2.05) is 53.5 Å². The van der Waals surface area contributed by atoms with Crippen molar-refractivity contribution in [2.24, 2.45) is 5.18 Å². The number of methoxy groups -OCH3 is 1. The number of rotatable bonds is 3. The molecule has 0 radical (unpaired) electrons. The molecule has 6 heteroatoms. The Kier molecular flexibility index (Phi) is 5.14.